The molecule has 1 aliphatic heterocycles. The number of hydrogen-bond acceptors (Lipinski definition) is 4. The highest BCUT2D eigenvalue weighted by molar-refractivity contribution is 7.89. The minimum atomic E-state index is -3.23. The lowest BCUT2D eigenvalue weighted by molar-refractivity contribution is -0.149. The van der Waals surface area contributed by atoms with Crippen LogP contribution < -0.4 is 0 Å². The molecule has 19 heavy (non-hydrogen) atoms. The first-order valence-electron chi connectivity index (χ1n) is 7.01. The Hall–Kier alpha value is -0.620. The van der Waals surface area contributed by atoms with Crippen LogP contribution in [0.1, 0.15) is 40.0 Å². The number of carbonyl (C=O) groups excluding carboxylic acids is 1. The smallest absolute Gasteiger partial charge is 0.310 e. The second-order valence-corrected chi connectivity index (χ2v) is 7.54. The van der Waals surface area contributed by atoms with Crippen LogP contribution in [0, 0.1) is 11.8 Å². The highest BCUT2D eigenvalue weighted by Crippen LogP contribution is 2.21. The quantitative estimate of drug-likeness (QED) is 0.698. The zero-order valence-electron chi connectivity index (χ0n) is 12.1. The summed E-state index contributed by atoms with van der Waals surface area (Å²) in [6, 6.07) is 0. The van der Waals surface area contributed by atoms with Crippen LogP contribution in [0.5, 0.6) is 0 Å². The predicted octanol–water partition coefficient (Wildman–Crippen LogP) is 1.64. The Bertz CT molecular complexity index is 391. The van der Waals surface area contributed by atoms with Crippen molar-refractivity contribution in [3.63, 3.8) is 0 Å². The van der Waals surface area contributed by atoms with Crippen molar-refractivity contribution < 1.29 is 17.9 Å². The summed E-state index contributed by atoms with van der Waals surface area (Å²) in [5, 5.41) is 0. The van der Waals surface area contributed by atoms with Crippen molar-refractivity contribution in [3.8, 4) is 0 Å². The maximum absolute atomic E-state index is 12.2. The van der Waals surface area contributed by atoms with Crippen LogP contribution in [0.2, 0.25) is 0 Å². The molecular formula is C13H25NO4S. The Morgan fingerprint density at radius 2 is 2.11 bits per heavy atom. The van der Waals surface area contributed by atoms with Gasteiger partial charge in [0.1, 0.15) is 0 Å². The number of nitrogens with zero attached hydrogens (tertiary/aromatic N) is 1. The summed E-state index contributed by atoms with van der Waals surface area (Å²) in [7, 11) is -3.23. The van der Waals surface area contributed by atoms with E-state index < -0.39 is 10.0 Å². The second-order valence-electron chi connectivity index (χ2n) is 5.45. The molecule has 1 atom stereocenters. The number of esters is 1. The molecule has 0 aromatic carbocycles. The number of sulfonamides is 1. The van der Waals surface area contributed by atoms with E-state index in [1.54, 1.807) is 6.92 Å². The lowest BCUT2D eigenvalue weighted by Gasteiger charge is -2.30. The summed E-state index contributed by atoms with van der Waals surface area (Å²) < 4.78 is 30.8. The Labute approximate surface area is 116 Å². The molecule has 1 rings (SSSR count). The predicted molar refractivity (Wildman–Crippen MR) is 74.2 cm³/mol. The van der Waals surface area contributed by atoms with Gasteiger partial charge in [-0.1, -0.05) is 13.8 Å². The van der Waals surface area contributed by atoms with E-state index in [1.165, 1.54) is 4.31 Å². The van der Waals surface area contributed by atoms with Gasteiger partial charge in [-0.25, -0.2) is 12.7 Å². The molecule has 6 heteroatoms. The standard InChI is InChI=1S/C13H25NO4S/c1-4-18-13(15)12-6-5-8-14(10-12)19(16,17)9-7-11(2)3/h11-12H,4-10H2,1-3H3. The van der Waals surface area contributed by atoms with Crippen LogP contribution in [0.4, 0.5) is 0 Å². The van der Waals surface area contributed by atoms with Crippen molar-refractivity contribution in [2.75, 3.05) is 25.4 Å². The average Bonchev–Trinajstić information content (AvgIpc) is 2.37. The van der Waals surface area contributed by atoms with Crippen molar-refractivity contribution >= 4 is 16.0 Å². The number of ether oxygens (including phenoxy) is 1. The SMILES string of the molecule is CCOC(=O)C1CCCN(S(=O)(=O)CCC(C)C)C1. The molecule has 0 N–H and O–H groups in total. The minimum absolute atomic E-state index is 0.167. The third-order valence-corrected chi connectivity index (χ3v) is 5.22. The van der Waals surface area contributed by atoms with Crippen molar-refractivity contribution in [1.29, 1.82) is 0 Å². The number of piperidine rings is 1. The van der Waals surface area contributed by atoms with Gasteiger partial charge < -0.3 is 4.74 Å². The largest absolute Gasteiger partial charge is 0.466 e. The van der Waals surface area contributed by atoms with E-state index in [1.807, 2.05) is 13.8 Å². The third-order valence-electron chi connectivity index (χ3n) is 3.35. The molecule has 0 bridgehead atoms. The normalized spacial score (nSPS) is 21.6. The Kier molecular flexibility index (Phi) is 6.26. The fourth-order valence-corrected chi connectivity index (χ4v) is 4.00. The van der Waals surface area contributed by atoms with Crippen LogP contribution in [0.3, 0.4) is 0 Å². The van der Waals surface area contributed by atoms with Crippen LogP contribution in [0.25, 0.3) is 0 Å². The lowest BCUT2D eigenvalue weighted by atomic mass is 10.0. The third kappa shape index (κ3) is 5.10. The van der Waals surface area contributed by atoms with E-state index in [0.29, 0.717) is 25.5 Å². The zero-order chi connectivity index (χ0) is 14.5. The van der Waals surface area contributed by atoms with E-state index in [2.05, 4.69) is 0 Å². The van der Waals surface area contributed by atoms with Crippen LogP contribution in [0.15, 0.2) is 0 Å². The van der Waals surface area contributed by atoms with Crippen LogP contribution in [-0.4, -0.2) is 44.1 Å². The molecule has 5 nitrogen and oxygen atoms in total. The molecule has 0 radical (unpaired) electrons. The fourth-order valence-electron chi connectivity index (χ4n) is 2.16. The highest BCUT2D eigenvalue weighted by atomic mass is 32.2. The topological polar surface area (TPSA) is 63.7 Å². The molecule has 1 aliphatic rings. The molecule has 0 aromatic heterocycles. The Morgan fingerprint density at radius 1 is 1.42 bits per heavy atom. The first-order valence-corrected chi connectivity index (χ1v) is 8.62. The molecule has 112 valence electrons. The summed E-state index contributed by atoms with van der Waals surface area (Å²) in [6.45, 7) is 6.92. The highest BCUT2D eigenvalue weighted by Gasteiger charge is 2.32. The molecule has 0 aromatic rings. The van der Waals surface area contributed by atoms with Gasteiger partial charge in [0, 0.05) is 13.1 Å². The first kappa shape index (κ1) is 16.4. The van der Waals surface area contributed by atoms with Gasteiger partial charge in [0.25, 0.3) is 0 Å². The molecule has 0 aliphatic carbocycles. The first-order chi connectivity index (χ1) is 8.86. The number of hydrogen-bond donors (Lipinski definition) is 0. The summed E-state index contributed by atoms with van der Waals surface area (Å²) in [5.74, 6) is -0.0468. The van der Waals surface area contributed by atoms with Gasteiger partial charge in [0.2, 0.25) is 10.0 Å². The van der Waals surface area contributed by atoms with Gasteiger partial charge in [-0.05, 0) is 32.1 Å². The monoisotopic (exact) mass is 291 g/mol. The van der Waals surface area contributed by atoms with Gasteiger partial charge in [-0.15, -0.1) is 0 Å². The Morgan fingerprint density at radius 3 is 2.68 bits per heavy atom. The zero-order valence-corrected chi connectivity index (χ0v) is 12.9. The minimum Gasteiger partial charge on any atom is -0.466 e. The maximum Gasteiger partial charge on any atom is 0.310 e. The fraction of sp³-hybridized carbons (Fsp3) is 0.923. The van der Waals surface area contributed by atoms with Gasteiger partial charge in [0.15, 0.2) is 0 Å². The van der Waals surface area contributed by atoms with E-state index in [4.69, 9.17) is 4.74 Å². The molecule has 1 fully saturated rings. The van der Waals surface area contributed by atoms with Crippen LogP contribution in [-0.2, 0) is 19.6 Å². The molecule has 0 saturated carbocycles. The summed E-state index contributed by atoms with van der Waals surface area (Å²) in [4.78, 5) is 11.7. The van der Waals surface area contributed by atoms with Gasteiger partial charge >= 0.3 is 5.97 Å². The van der Waals surface area contributed by atoms with Crippen molar-refractivity contribution in [1.82, 2.24) is 4.31 Å². The van der Waals surface area contributed by atoms with E-state index in [0.717, 1.165) is 12.8 Å². The molecule has 1 heterocycles. The maximum atomic E-state index is 12.2. The molecule has 0 spiro atoms. The van der Waals surface area contributed by atoms with Gasteiger partial charge in [0.05, 0.1) is 18.3 Å². The van der Waals surface area contributed by atoms with Crippen molar-refractivity contribution in [2.24, 2.45) is 11.8 Å². The summed E-state index contributed by atoms with van der Waals surface area (Å²) in [5.41, 5.74) is 0. The Balaban J connectivity index is 2.60. The van der Waals surface area contributed by atoms with Crippen molar-refractivity contribution in [3.05, 3.63) is 0 Å². The molecule has 0 amide bonds. The summed E-state index contributed by atoms with van der Waals surface area (Å²) >= 11 is 0. The molecular weight excluding hydrogens is 266 g/mol. The second kappa shape index (κ2) is 7.24. The number of rotatable bonds is 6. The van der Waals surface area contributed by atoms with E-state index >= 15 is 0 Å². The number of carbonyl (C=O) groups is 1. The summed E-state index contributed by atoms with van der Waals surface area (Å²) in [6.07, 6.45) is 2.10. The van der Waals surface area contributed by atoms with Crippen molar-refractivity contribution in [2.45, 2.75) is 40.0 Å². The van der Waals surface area contributed by atoms with Crippen LogP contribution >= 0.6 is 0 Å². The molecule has 1 unspecified atom stereocenters. The lowest BCUT2D eigenvalue weighted by Crippen LogP contribution is -2.43. The van der Waals surface area contributed by atoms with E-state index in [-0.39, 0.29) is 24.2 Å². The van der Waals surface area contributed by atoms with Gasteiger partial charge in [-0.3, -0.25) is 4.79 Å². The molecule has 1 saturated heterocycles. The average molecular weight is 291 g/mol. The van der Waals surface area contributed by atoms with E-state index in [9.17, 15) is 13.2 Å². The van der Waals surface area contributed by atoms with Gasteiger partial charge in [-0.2, -0.15) is 0 Å².